The van der Waals surface area contributed by atoms with Crippen LogP contribution in [-0.4, -0.2) is 29.9 Å². The van der Waals surface area contributed by atoms with Crippen molar-refractivity contribution < 1.29 is 18.7 Å². The zero-order valence-electron chi connectivity index (χ0n) is 14.6. The van der Waals surface area contributed by atoms with E-state index in [1.54, 1.807) is 18.2 Å². The molecule has 0 aliphatic rings. The van der Waals surface area contributed by atoms with Crippen molar-refractivity contribution in [2.75, 3.05) is 19.5 Å². The number of halogens is 1. The number of nitrogens with one attached hydrogen (secondary N) is 1. The van der Waals surface area contributed by atoms with Gasteiger partial charge in [0.1, 0.15) is 17.3 Å². The number of methoxy groups -OCH3 is 2. The summed E-state index contributed by atoms with van der Waals surface area (Å²) in [5.74, 6) is -0.164. The van der Waals surface area contributed by atoms with Crippen LogP contribution in [0.1, 0.15) is 10.5 Å². The lowest BCUT2D eigenvalue weighted by Gasteiger charge is -2.12. The second-order valence-electron chi connectivity index (χ2n) is 5.47. The molecule has 0 aliphatic carbocycles. The Morgan fingerprint density at radius 2 is 1.81 bits per heavy atom. The SMILES string of the molecule is COc1ccc(NC(=O)c2nn(-c3ccc(F)cc3)ccc2=O)c(OC)c1. The van der Waals surface area contributed by atoms with Gasteiger partial charge < -0.3 is 14.8 Å². The van der Waals surface area contributed by atoms with E-state index in [2.05, 4.69) is 10.4 Å². The maximum atomic E-state index is 13.1. The lowest BCUT2D eigenvalue weighted by atomic mass is 10.2. The number of carbonyl (C=O) groups is 1. The highest BCUT2D eigenvalue weighted by molar-refractivity contribution is 6.03. The molecule has 1 N–H and O–H groups in total. The molecule has 0 spiro atoms. The van der Waals surface area contributed by atoms with Crippen LogP contribution >= 0.6 is 0 Å². The standard InChI is InChI=1S/C19H16FN3O4/c1-26-14-7-8-15(17(11-14)27-2)21-19(25)18-16(24)9-10-23(22-18)13-5-3-12(20)4-6-13/h3-11H,1-2H3,(H,21,25). The Bertz CT molecular complexity index is 1030. The Morgan fingerprint density at radius 3 is 2.48 bits per heavy atom. The van der Waals surface area contributed by atoms with E-state index < -0.39 is 17.2 Å². The summed E-state index contributed by atoms with van der Waals surface area (Å²) in [4.78, 5) is 24.7. The first-order valence-corrected chi connectivity index (χ1v) is 7.91. The van der Waals surface area contributed by atoms with Crippen molar-refractivity contribution in [3.05, 3.63) is 76.5 Å². The van der Waals surface area contributed by atoms with Gasteiger partial charge in [0, 0.05) is 18.3 Å². The lowest BCUT2D eigenvalue weighted by Crippen LogP contribution is -2.25. The number of hydrogen-bond acceptors (Lipinski definition) is 5. The smallest absolute Gasteiger partial charge is 0.280 e. The average molecular weight is 369 g/mol. The monoisotopic (exact) mass is 369 g/mol. The molecule has 0 saturated heterocycles. The van der Waals surface area contributed by atoms with Crippen LogP contribution in [0.2, 0.25) is 0 Å². The van der Waals surface area contributed by atoms with Crippen LogP contribution in [0.15, 0.2) is 59.5 Å². The van der Waals surface area contributed by atoms with Crippen molar-refractivity contribution in [1.29, 1.82) is 0 Å². The molecule has 0 fully saturated rings. The number of nitrogens with zero attached hydrogens (tertiary/aromatic N) is 2. The van der Waals surface area contributed by atoms with Gasteiger partial charge in [-0.15, -0.1) is 0 Å². The van der Waals surface area contributed by atoms with Crippen LogP contribution in [0.25, 0.3) is 5.69 Å². The second kappa shape index (κ2) is 7.69. The van der Waals surface area contributed by atoms with Crippen LogP contribution in [-0.2, 0) is 0 Å². The number of rotatable bonds is 5. The molecule has 0 bridgehead atoms. The highest BCUT2D eigenvalue weighted by Crippen LogP contribution is 2.29. The number of aromatic nitrogens is 2. The summed E-state index contributed by atoms with van der Waals surface area (Å²) in [7, 11) is 2.96. The molecule has 7 nitrogen and oxygen atoms in total. The van der Waals surface area contributed by atoms with E-state index >= 15 is 0 Å². The largest absolute Gasteiger partial charge is 0.497 e. The minimum Gasteiger partial charge on any atom is -0.497 e. The van der Waals surface area contributed by atoms with Gasteiger partial charge in [0.2, 0.25) is 5.43 Å². The summed E-state index contributed by atoms with van der Waals surface area (Å²) >= 11 is 0. The van der Waals surface area contributed by atoms with Crippen LogP contribution < -0.4 is 20.2 Å². The zero-order chi connectivity index (χ0) is 19.4. The predicted molar refractivity (Wildman–Crippen MR) is 97.3 cm³/mol. The Hall–Kier alpha value is -3.68. The number of hydrogen-bond donors (Lipinski definition) is 1. The first-order valence-electron chi connectivity index (χ1n) is 7.91. The van der Waals surface area contributed by atoms with Gasteiger partial charge >= 0.3 is 0 Å². The molecule has 138 valence electrons. The molecule has 0 aliphatic heterocycles. The van der Waals surface area contributed by atoms with Gasteiger partial charge in [0.15, 0.2) is 5.69 Å². The fourth-order valence-corrected chi connectivity index (χ4v) is 2.39. The zero-order valence-corrected chi connectivity index (χ0v) is 14.6. The third-order valence-corrected chi connectivity index (χ3v) is 3.77. The molecule has 1 heterocycles. The highest BCUT2D eigenvalue weighted by atomic mass is 19.1. The first kappa shape index (κ1) is 18.1. The second-order valence-corrected chi connectivity index (χ2v) is 5.47. The molecular weight excluding hydrogens is 353 g/mol. The maximum Gasteiger partial charge on any atom is 0.280 e. The average Bonchev–Trinajstić information content (AvgIpc) is 2.69. The van der Waals surface area contributed by atoms with Gasteiger partial charge in [-0.3, -0.25) is 9.59 Å². The van der Waals surface area contributed by atoms with E-state index in [-0.39, 0.29) is 5.69 Å². The molecule has 2 aromatic carbocycles. The van der Waals surface area contributed by atoms with Crippen molar-refractivity contribution in [3.8, 4) is 17.2 Å². The molecule has 8 heteroatoms. The fraction of sp³-hybridized carbons (Fsp3) is 0.105. The van der Waals surface area contributed by atoms with Crippen LogP contribution in [0, 0.1) is 5.82 Å². The number of amides is 1. The molecule has 0 radical (unpaired) electrons. The van der Waals surface area contributed by atoms with Crippen LogP contribution in [0.3, 0.4) is 0 Å². The van der Waals surface area contributed by atoms with Gasteiger partial charge in [-0.1, -0.05) is 0 Å². The third kappa shape index (κ3) is 3.95. The summed E-state index contributed by atoms with van der Waals surface area (Å²) < 4.78 is 24.7. The Balaban J connectivity index is 1.92. The van der Waals surface area contributed by atoms with Gasteiger partial charge in [0.05, 0.1) is 25.6 Å². The third-order valence-electron chi connectivity index (χ3n) is 3.77. The topological polar surface area (TPSA) is 82.5 Å². The summed E-state index contributed by atoms with van der Waals surface area (Å²) in [6.45, 7) is 0. The number of anilines is 1. The summed E-state index contributed by atoms with van der Waals surface area (Å²) in [6.07, 6.45) is 1.40. The Labute approximate surface area is 154 Å². The lowest BCUT2D eigenvalue weighted by molar-refractivity contribution is 0.101. The molecule has 1 aromatic heterocycles. The maximum absolute atomic E-state index is 13.1. The van der Waals surface area contributed by atoms with Crippen LogP contribution in [0.5, 0.6) is 11.5 Å². The van der Waals surface area contributed by atoms with Crippen LogP contribution in [0.4, 0.5) is 10.1 Å². The molecular formula is C19H16FN3O4. The number of ether oxygens (including phenoxy) is 2. The van der Waals surface area contributed by atoms with E-state index in [0.717, 1.165) is 0 Å². The van der Waals surface area contributed by atoms with Gasteiger partial charge in [-0.25, -0.2) is 9.07 Å². The van der Waals surface area contributed by atoms with E-state index in [4.69, 9.17) is 9.47 Å². The molecule has 3 rings (SSSR count). The van der Waals surface area contributed by atoms with Crippen molar-refractivity contribution in [1.82, 2.24) is 9.78 Å². The molecule has 0 atom stereocenters. The Kier molecular flexibility index (Phi) is 5.16. The van der Waals surface area contributed by atoms with Crippen molar-refractivity contribution in [2.24, 2.45) is 0 Å². The first-order chi connectivity index (χ1) is 13.0. The Morgan fingerprint density at radius 1 is 1.07 bits per heavy atom. The van der Waals surface area contributed by atoms with E-state index in [9.17, 15) is 14.0 Å². The van der Waals surface area contributed by atoms with Gasteiger partial charge in [0.25, 0.3) is 5.91 Å². The van der Waals surface area contributed by atoms with Crippen molar-refractivity contribution in [3.63, 3.8) is 0 Å². The molecule has 0 unspecified atom stereocenters. The van der Waals surface area contributed by atoms with Gasteiger partial charge in [-0.2, -0.15) is 5.10 Å². The fourth-order valence-electron chi connectivity index (χ4n) is 2.39. The predicted octanol–water partition coefficient (Wildman–Crippen LogP) is 2.64. The van der Waals surface area contributed by atoms with Crippen molar-refractivity contribution >= 4 is 11.6 Å². The molecule has 0 saturated carbocycles. The highest BCUT2D eigenvalue weighted by Gasteiger charge is 2.16. The molecule has 3 aromatic rings. The summed E-state index contributed by atoms with van der Waals surface area (Å²) in [5.41, 5.74) is 0.0206. The molecule has 1 amide bonds. The van der Waals surface area contributed by atoms with Gasteiger partial charge in [-0.05, 0) is 36.4 Å². The normalized spacial score (nSPS) is 10.3. The van der Waals surface area contributed by atoms with Crippen molar-refractivity contribution in [2.45, 2.75) is 0 Å². The number of benzene rings is 2. The molecule has 27 heavy (non-hydrogen) atoms. The minimum absolute atomic E-state index is 0.306. The summed E-state index contributed by atoms with van der Waals surface area (Å²) in [6, 6.07) is 11.6. The quantitative estimate of drug-likeness (QED) is 0.748. The number of carbonyl (C=O) groups excluding carboxylic acids is 1. The van der Waals surface area contributed by atoms with E-state index in [1.165, 1.54) is 55.4 Å². The van der Waals surface area contributed by atoms with E-state index in [0.29, 0.717) is 22.9 Å². The van der Waals surface area contributed by atoms with E-state index in [1.807, 2.05) is 0 Å². The minimum atomic E-state index is -0.695. The summed E-state index contributed by atoms with van der Waals surface area (Å²) in [5, 5.41) is 6.66.